The first-order valence-electron chi connectivity index (χ1n) is 5.43. The van der Waals surface area contributed by atoms with Gasteiger partial charge in [-0.2, -0.15) is 0 Å². The Kier molecular flexibility index (Phi) is 4.46. The van der Waals surface area contributed by atoms with E-state index in [1.165, 1.54) is 0 Å². The van der Waals surface area contributed by atoms with Crippen LogP contribution in [0.3, 0.4) is 0 Å². The van der Waals surface area contributed by atoms with Gasteiger partial charge in [0.15, 0.2) is 5.17 Å². The Bertz CT molecular complexity index is 239. The summed E-state index contributed by atoms with van der Waals surface area (Å²) in [6.45, 7) is 9.29. The molecular weight excluding hydrogens is 208 g/mol. The van der Waals surface area contributed by atoms with Crippen LogP contribution in [0.5, 0.6) is 0 Å². The summed E-state index contributed by atoms with van der Waals surface area (Å²) in [7, 11) is 1.73. The van der Waals surface area contributed by atoms with E-state index in [1.54, 1.807) is 7.11 Å². The lowest BCUT2D eigenvalue weighted by molar-refractivity contribution is 0.0312. The van der Waals surface area contributed by atoms with Gasteiger partial charge in [0.2, 0.25) is 0 Å². The first-order chi connectivity index (χ1) is 6.94. The van der Waals surface area contributed by atoms with Gasteiger partial charge in [-0.3, -0.25) is 4.99 Å². The van der Waals surface area contributed by atoms with Crippen LogP contribution < -0.4 is 5.32 Å². The third-order valence-electron chi connectivity index (χ3n) is 2.67. The SMILES string of the molecule is COC(C)(C)CN=C1N[C@@H](C(C)C)CS1. The molecule has 0 aliphatic carbocycles. The fraction of sp³-hybridized carbons (Fsp3) is 0.909. The van der Waals surface area contributed by atoms with Crippen LogP contribution in [0.25, 0.3) is 0 Å². The molecule has 1 fully saturated rings. The topological polar surface area (TPSA) is 33.6 Å². The summed E-state index contributed by atoms with van der Waals surface area (Å²) in [5.41, 5.74) is -0.162. The van der Waals surface area contributed by atoms with Gasteiger partial charge in [0.1, 0.15) is 0 Å². The van der Waals surface area contributed by atoms with Gasteiger partial charge in [-0.25, -0.2) is 0 Å². The second-order valence-electron chi connectivity index (χ2n) is 4.89. The molecule has 1 N–H and O–H groups in total. The Labute approximate surface area is 97.1 Å². The van der Waals surface area contributed by atoms with E-state index >= 15 is 0 Å². The van der Waals surface area contributed by atoms with E-state index < -0.39 is 0 Å². The molecule has 0 spiro atoms. The number of ether oxygens (including phenoxy) is 1. The number of amidine groups is 1. The Morgan fingerprint density at radius 2 is 2.27 bits per heavy atom. The highest BCUT2D eigenvalue weighted by Gasteiger charge is 2.24. The number of methoxy groups -OCH3 is 1. The highest BCUT2D eigenvalue weighted by atomic mass is 32.2. The Hall–Kier alpha value is -0.220. The highest BCUT2D eigenvalue weighted by Crippen LogP contribution is 2.19. The Morgan fingerprint density at radius 1 is 1.60 bits per heavy atom. The molecule has 0 aromatic carbocycles. The van der Waals surface area contributed by atoms with Gasteiger partial charge in [0.05, 0.1) is 12.1 Å². The monoisotopic (exact) mass is 230 g/mol. The summed E-state index contributed by atoms with van der Waals surface area (Å²) in [5, 5.41) is 4.51. The molecule has 3 nitrogen and oxygen atoms in total. The van der Waals surface area contributed by atoms with Gasteiger partial charge in [0.25, 0.3) is 0 Å². The maximum Gasteiger partial charge on any atom is 0.156 e. The fourth-order valence-electron chi connectivity index (χ4n) is 1.19. The van der Waals surface area contributed by atoms with E-state index in [2.05, 4.69) is 38.0 Å². The van der Waals surface area contributed by atoms with Crippen LogP contribution in [0.15, 0.2) is 4.99 Å². The number of nitrogens with one attached hydrogen (secondary N) is 1. The molecule has 1 aliphatic rings. The zero-order valence-corrected chi connectivity index (χ0v) is 11.1. The third-order valence-corrected chi connectivity index (χ3v) is 3.72. The molecule has 0 saturated carbocycles. The van der Waals surface area contributed by atoms with Crippen LogP contribution in [-0.4, -0.2) is 36.2 Å². The second-order valence-corrected chi connectivity index (χ2v) is 5.90. The van der Waals surface area contributed by atoms with Gasteiger partial charge >= 0.3 is 0 Å². The third kappa shape index (κ3) is 4.03. The number of thioether (sulfide) groups is 1. The van der Waals surface area contributed by atoms with Crippen molar-refractivity contribution in [3.8, 4) is 0 Å². The average molecular weight is 230 g/mol. The van der Waals surface area contributed by atoms with Gasteiger partial charge < -0.3 is 10.1 Å². The molecule has 0 unspecified atom stereocenters. The van der Waals surface area contributed by atoms with Crippen molar-refractivity contribution in [3.05, 3.63) is 0 Å². The van der Waals surface area contributed by atoms with E-state index in [0.29, 0.717) is 18.5 Å². The van der Waals surface area contributed by atoms with Gasteiger partial charge in [0, 0.05) is 18.9 Å². The quantitative estimate of drug-likeness (QED) is 0.803. The van der Waals surface area contributed by atoms with Crippen molar-refractivity contribution in [1.29, 1.82) is 0 Å². The predicted octanol–water partition coefficient (Wildman–Crippen LogP) is 2.13. The lowest BCUT2D eigenvalue weighted by Crippen LogP contribution is -2.33. The molecule has 0 aromatic heterocycles. The molecule has 4 heteroatoms. The van der Waals surface area contributed by atoms with Crippen molar-refractivity contribution >= 4 is 16.9 Å². The smallest absolute Gasteiger partial charge is 0.156 e. The summed E-state index contributed by atoms with van der Waals surface area (Å²) in [6.07, 6.45) is 0. The molecule has 1 heterocycles. The normalized spacial score (nSPS) is 24.9. The Balaban J connectivity index is 2.43. The lowest BCUT2D eigenvalue weighted by atomic mass is 10.1. The van der Waals surface area contributed by atoms with E-state index in [9.17, 15) is 0 Å². The molecule has 1 rings (SSSR count). The van der Waals surface area contributed by atoms with Gasteiger partial charge in [-0.15, -0.1) is 0 Å². The van der Waals surface area contributed by atoms with Crippen LogP contribution in [0, 0.1) is 5.92 Å². The molecule has 0 bridgehead atoms. The second kappa shape index (κ2) is 5.21. The van der Waals surface area contributed by atoms with Crippen LogP contribution in [-0.2, 0) is 4.74 Å². The predicted molar refractivity (Wildman–Crippen MR) is 67.6 cm³/mol. The van der Waals surface area contributed by atoms with E-state index in [1.807, 2.05) is 11.8 Å². The zero-order valence-electron chi connectivity index (χ0n) is 10.3. The zero-order chi connectivity index (χ0) is 11.5. The van der Waals surface area contributed by atoms with Crippen molar-refractivity contribution in [2.45, 2.75) is 39.3 Å². The minimum absolute atomic E-state index is 0.162. The van der Waals surface area contributed by atoms with E-state index in [-0.39, 0.29) is 5.60 Å². The minimum Gasteiger partial charge on any atom is -0.377 e. The molecule has 1 saturated heterocycles. The maximum atomic E-state index is 5.33. The van der Waals surface area contributed by atoms with E-state index in [0.717, 1.165) is 10.9 Å². The number of nitrogens with zero attached hydrogens (tertiary/aromatic N) is 1. The highest BCUT2D eigenvalue weighted by molar-refractivity contribution is 8.14. The standard InChI is InChI=1S/C11H22N2OS/c1-8(2)9-6-15-10(13-9)12-7-11(3,4)14-5/h8-9H,6-7H2,1-5H3,(H,12,13)/t9-/m1/s1. The minimum atomic E-state index is -0.162. The van der Waals surface area contributed by atoms with Crippen molar-refractivity contribution in [2.24, 2.45) is 10.9 Å². The molecule has 0 radical (unpaired) electrons. The number of hydrogen-bond acceptors (Lipinski definition) is 3. The number of rotatable bonds is 4. The van der Waals surface area contributed by atoms with Crippen molar-refractivity contribution < 1.29 is 4.74 Å². The lowest BCUT2D eigenvalue weighted by Gasteiger charge is -2.20. The summed E-state index contributed by atoms with van der Waals surface area (Å²) in [4.78, 5) is 4.54. The summed E-state index contributed by atoms with van der Waals surface area (Å²) in [5.74, 6) is 1.80. The molecule has 0 aromatic rings. The van der Waals surface area contributed by atoms with E-state index in [4.69, 9.17) is 4.74 Å². The van der Waals surface area contributed by atoms with Crippen LogP contribution in [0.2, 0.25) is 0 Å². The Morgan fingerprint density at radius 3 is 2.73 bits per heavy atom. The van der Waals surface area contributed by atoms with Crippen molar-refractivity contribution in [2.75, 3.05) is 19.4 Å². The summed E-state index contributed by atoms with van der Waals surface area (Å²) >= 11 is 1.81. The van der Waals surface area contributed by atoms with Crippen LogP contribution in [0.4, 0.5) is 0 Å². The fourth-order valence-corrected chi connectivity index (χ4v) is 2.38. The molecule has 0 amide bonds. The van der Waals surface area contributed by atoms with Gasteiger partial charge in [-0.1, -0.05) is 25.6 Å². The molecule has 88 valence electrons. The molecular formula is C11H22N2OS. The van der Waals surface area contributed by atoms with Gasteiger partial charge in [-0.05, 0) is 19.8 Å². The molecule has 1 atom stereocenters. The largest absolute Gasteiger partial charge is 0.377 e. The first-order valence-corrected chi connectivity index (χ1v) is 6.42. The van der Waals surface area contributed by atoms with Crippen molar-refractivity contribution in [3.63, 3.8) is 0 Å². The van der Waals surface area contributed by atoms with Crippen LogP contribution in [0.1, 0.15) is 27.7 Å². The maximum absolute atomic E-state index is 5.33. The number of hydrogen-bond donors (Lipinski definition) is 1. The molecule has 15 heavy (non-hydrogen) atoms. The van der Waals surface area contributed by atoms with Crippen LogP contribution >= 0.6 is 11.8 Å². The summed E-state index contributed by atoms with van der Waals surface area (Å²) in [6, 6.07) is 0.569. The molecule has 1 aliphatic heterocycles. The first kappa shape index (κ1) is 12.8. The average Bonchev–Trinajstić information content (AvgIpc) is 2.63. The summed E-state index contributed by atoms with van der Waals surface area (Å²) < 4.78 is 5.33. The number of aliphatic imine (C=N–C) groups is 1. The van der Waals surface area contributed by atoms with Crippen molar-refractivity contribution in [1.82, 2.24) is 5.32 Å².